The zero-order valence-electron chi connectivity index (χ0n) is 16.3. The van der Waals surface area contributed by atoms with E-state index in [2.05, 4.69) is 15.6 Å². The molecule has 0 aliphatic heterocycles. The number of carbonyl (C=O) groups is 2. The maximum absolute atomic E-state index is 12.3. The number of ketones is 1. The fourth-order valence-electron chi connectivity index (χ4n) is 3.12. The first-order valence-corrected chi connectivity index (χ1v) is 8.81. The molecular formula is C20H22N4O4. The minimum atomic E-state index is -0.240. The van der Waals surface area contributed by atoms with Crippen molar-refractivity contribution in [2.24, 2.45) is 0 Å². The third-order valence-electron chi connectivity index (χ3n) is 4.43. The minimum absolute atomic E-state index is 0.0213. The Balaban J connectivity index is 1.64. The lowest BCUT2D eigenvalue weighted by molar-refractivity contribution is -0.122. The highest BCUT2D eigenvalue weighted by atomic mass is 16.5. The van der Waals surface area contributed by atoms with Gasteiger partial charge in [-0.15, -0.1) is 0 Å². The molecule has 3 aromatic rings. The summed E-state index contributed by atoms with van der Waals surface area (Å²) in [6.45, 7) is 5.24. The van der Waals surface area contributed by atoms with Crippen LogP contribution < -0.4 is 10.1 Å². The molecule has 0 saturated carbocycles. The summed E-state index contributed by atoms with van der Waals surface area (Å²) in [5.74, 6) is 0.910. The molecule has 2 heterocycles. The van der Waals surface area contributed by atoms with E-state index in [9.17, 15) is 9.59 Å². The van der Waals surface area contributed by atoms with Crippen molar-refractivity contribution in [1.29, 1.82) is 0 Å². The normalized spacial score (nSPS) is 10.7. The predicted octanol–water partition coefficient (Wildman–Crippen LogP) is 2.68. The monoisotopic (exact) mass is 382 g/mol. The van der Waals surface area contributed by atoms with Crippen LogP contribution in [0.15, 0.2) is 34.9 Å². The van der Waals surface area contributed by atoms with Crippen LogP contribution in [0.4, 0.5) is 0 Å². The number of aromatic nitrogens is 3. The number of aryl methyl sites for hydroxylation is 1. The third kappa shape index (κ3) is 3.95. The molecule has 1 N–H and O–H groups in total. The molecule has 146 valence electrons. The first-order chi connectivity index (χ1) is 13.4. The van der Waals surface area contributed by atoms with Gasteiger partial charge in [0.2, 0.25) is 5.91 Å². The highest BCUT2D eigenvalue weighted by molar-refractivity contribution is 5.96. The van der Waals surface area contributed by atoms with Crippen LogP contribution in [-0.4, -0.2) is 33.7 Å². The lowest BCUT2D eigenvalue weighted by Crippen LogP contribution is -2.27. The van der Waals surface area contributed by atoms with Gasteiger partial charge in [0.05, 0.1) is 24.9 Å². The molecule has 0 aliphatic rings. The number of nitrogens with zero attached hydrogens (tertiary/aromatic N) is 3. The Morgan fingerprint density at radius 2 is 2.00 bits per heavy atom. The highest BCUT2D eigenvalue weighted by Gasteiger charge is 2.17. The molecule has 1 aromatic carbocycles. The Kier molecular flexibility index (Phi) is 5.58. The van der Waals surface area contributed by atoms with E-state index in [0.717, 1.165) is 5.56 Å². The van der Waals surface area contributed by atoms with Crippen molar-refractivity contribution in [3.8, 4) is 17.0 Å². The molecule has 1 amide bonds. The van der Waals surface area contributed by atoms with Crippen LogP contribution in [-0.2, 0) is 17.9 Å². The molecular weight excluding hydrogens is 360 g/mol. The molecule has 28 heavy (non-hydrogen) atoms. The number of carbonyl (C=O) groups excluding carboxylic acids is 2. The number of methoxy groups -OCH3 is 1. The van der Waals surface area contributed by atoms with Crippen molar-refractivity contribution in [3.63, 3.8) is 0 Å². The Bertz CT molecular complexity index is 1020. The summed E-state index contributed by atoms with van der Waals surface area (Å²) < 4.78 is 12.2. The summed E-state index contributed by atoms with van der Waals surface area (Å²) in [5, 5.41) is 11.1. The highest BCUT2D eigenvalue weighted by Crippen LogP contribution is 2.28. The average Bonchev–Trinajstić information content (AvgIpc) is 3.24. The van der Waals surface area contributed by atoms with Gasteiger partial charge >= 0.3 is 0 Å². The Morgan fingerprint density at radius 1 is 1.25 bits per heavy atom. The van der Waals surface area contributed by atoms with Crippen LogP contribution in [0.2, 0.25) is 0 Å². The van der Waals surface area contributed by atoms with Crippen molar-refractivity contribution in [3.05, 3.63) is 53.0 Å². The van der Waals surface area contributed by atoms with E-state index in [0.29, 0.717) is 34.2 Å². The topological polar surface area (TPSA) is 99.2 Å². The van der Waals surface area contributed by atoms with Gasteiger partial charge in [-0.05, 0) is 32.9 Å². The van der Waals surface area contributed by atoms with Crippen molar-refractivity contribution < 1.29 is 18.8 Å². The summed E-state index contributed by atoms with van der Waals surface area (Å²) in [7, 11) is 1.59. The first kappa shape index (κ1) is 19.3. The molecule has 3 rings (SSSR count). The molecule has 0 fully saturated rings. The van der Waals surface area contributed by atoms with Crippen LogP contribution in [0.5, 0.6) is 5.75 Å². The van der Waals surface area contributed by atoms with Gasteiger partial charge in [0, 0.05) is 17.3 Å². The van der Waals surface area contributed by atoms with Gasteiger partial charge in [-0.3, -0.25) is 14.3 Å². The van der Waals surface area contributed by atoms with Gasteiger partial charge in [0.1, 0.15) is 18.0 Å². The van der Waals surface area contributed by atoms with E-state index >= 15 is 0 Å². The zero-order chi connectivity index (χ0) is 20.3. The molecule has 2 aromatic heterocycles. The molecule has 0 radical (unpaired) electrons. The number of Topliss-reactive ketones (excluding diaryl/α,β-unsaturated/α-hetero) is 1. The average molecular weight is 382 g/mol. The van der Waals surface area contributed by atoms with Crippen LogP contribution in [0.25, 0.3) is 11.3 Å². The number of ether oxygens (including phenoxy) is 1. The van der Waals surface area contributed by atoms with Crippen molar-refractivity contribution in [1.82, 2.24) is 20.3 Å². The Labute approximate surface area is 162 Å². The van der Waals surface area contributed by atoms with Crippen LogP contribution in [0, 0.1) is 13.8 Å². The molecule has 0 spiro atoms. The molecule has 0 saturated heterocycles. The minimum Gasteiger partial charge on any atom is -0.496 e. The number of hydrogen-bond acceptors (Lipinski definition) is 6. The number of benzene rings is 1. The third-order valence-corrected chi connectivity index (χ3v) is 4.43. The van der Waals surface area contributed by atoms with Crippen LogP contribution in [0.3, 0.4) is 0 Å². The summed E-state index contributed by atoms with van der Waals surface area (Å²) in [6, 6.07) is 9.25. The van der Waals surface area contributed by atoms with Crippen LogP contribution in [0.1, 0.15) is 34.4 Å². The fourth-order valence-corrected chi connectivity index (χ4v) is 3.12. The van der Waals surface area contributed by atoms with Gasteiger partial charge in [-0.2, -0.15) is 5.10 Å². The zero-order valence-corrected chi connectivity index (χ0v) is 16.3. The van der Waals surface area contributed by atoms with E-state index < -0.39 is 0 Å². The number of para-hydroxylation sites is 1. The number of nitrogens with one attached hydrogen (secondary N) is 1. The smallest absolute Gasteiger partial charge is 0.242 e. The summed E-state index contributed by atoms with van der Waals surface area (Å²) in [4.78, 5) is 23.9. The molecule has 0 aliphatic carbocycles. The lowest BCUT2D eigenvalue weighted by atomic mass is 10.1. The fraction of sp³-hybridized carbons (Fsp3) is 0.300. The molecule has 0 atom stereocenters. The molecule has 0 unspecified atom stereocenters. The van der Waals surface area contributed by atoms with Gasteiger partial charge < -0.3 is 14.6 Å². The summed E-state index contributed by atoms with van der Waals surface area (Å²) >= 11 is 0. The van der Waals surface area contributed by atoms with Gasteiger partial charge in [-0.25, -0.2) is 0 Å². The largest absolute Gasteiger partial charge is 0.496 e. The van der Waals surface area contributed by atoms with Gasteiger partial charge in [0.25, 0.3) is 0 Å². The Morgan fingerprint density at radius 3 is 2.68 bits per heavy atom. The second-order valence-corrected chi connectivity index (χ2v) is 6.42. The first-order valence-electron chi connectivity index (χ1n) is 8.81. The van der Waals surface area contributed by atoms with Gasteiger partial charge in [-0.1, -0.05) is 17.3 Å². The second kappa shape index (κ2) is 8.08. The maximum Gasteiger partial charge on any atom is 0.242 e. The van der Waals surface area contributed by atoms with Crippen molar-refractivity contribution in [2.45, 2.75) is 33.9 Å². The SMILES string of the molecule is COc1ccccc1-c1cc(CNC(=O)Cn2nc(C)c(C(C)=O)c2C)on1. The lowest BCUT2D eigenvalue weighted by Gasteiger charge is -2.05. The molecule has 8 nitrogen and oxygen atoms in total. The number of rotatable bonds is 7. The van der Waals surface area contributed by atoms with E-state index in [1.807, 2.05) is 24.3 Å². The number of amides is 1. The number of hydrogen-bond donors (Lipinski definition) is 1. The maximum atomic E-state index is 12.3. The summed E-state index contributed by atoms with van der Waals surface area (Å²) in [5.41, 5.74) is 3.30. The van der Waals surface area contributed by atoms with E-state index in [1.165, 1.54) is 11.6 Å². The second-order valence-electron chi connectivity index (χ2n) is 6.42. The molecule has 8 heteroatoms. The molecule has 0 bridgehead atoms. The van der Waals surface area contributed by atoms with Gasteiger partial charge in [0.15, 0.2) is 11.5 Å². The predicted molar refractivity (Wildman–Crippen MR) is 102 cm³/mol. The van der Waals surface area contributed by atoms with Crippen molar-refractivity contribution >= 4 is 11.7 Å². The van der Waals surface area contributed by atoms with E-state index in [-0.39, 0.29) is 24.8 Å². The standard InChI is InChI=1S/C20H22N4O4/c1-12-20(14(3)25)13(2)24(22-12)11-19(26)21-10-15-9-17(23-28-15)16-7-5-6-8-18(16)27-4/h5-9H,10-11H2,1-4H3,(H,21,26). The van der Waals surface area contributed by atoms with E-state index in [4.69, 9.17) is 9.26 Å². The quantitative estimate of drug-likeness (QED) is 0.631. The Hall–Kier alpha value is -3.42. The summed E-state index contributed by atoms with van der Waals surface area (Å²) in [6.07, 6.45) is 0. The van der Waals surface area contributed by atoms with Crippen molar-refractivity contribution in [2.75, 3.05) is 7.11 Å². The van der Waals surface area contributed by atoms with Crippen LogP contribution >= 0.6 is 0 Å². The van der Waals surface area contributed by atoms with E-state index in [1.54, 1.807) is 27.0 Å².